The maximum absolute atomic E-state index is 12.0. The van der Waals surface area contributed by atoms with Crippen molar-refractivity contribution >= 4 is 11.5 Å². The maximum Gasteiger partial charge on any atom is 0.332 e. The van der Waals surface area contributed by atoms with Gasteiger partial charge in [-0.3, -0.25) is 13.9 Å². The predicted molar refractivity (Wildman–Crippen MR) is 75.4 cm³/mol. The molecule has 0 aromatic carbocycles. The van der Waals surface area contributed by atoms with Gasteiger partial charge in [-0.1, -0.05) is 6.92 Å². The van der Waals surface area contributed by atoms with Crippen molar-refractivity contribution in [1.82, 2.24) is 9.13 Å². The van der Waals surface area contributed by atoms with Gasteiger partial charge >= 0.3 is 5.69 Å². The molecule has 1 heterocycles. The summed E-state index contributed by atoms with van der Waals surface area (Å²) in [5, 5.41) is 12.1. The lowest BCUT2D eigenvalue weighted by Crippen LogP contribution is -2.41. The van der Waals surface area contributed by atoms with E-state index in [1.165, 1.54) is 11.6 Å². The number of nitrogens with zero attached hydrogens (tertiary/aromatic N) is 2. The number of aromatic nitrogens is 2. The van der Waals surface area contributed by atoms with E-state index in [2.05, 4.69) is 5.32 Å². The van der Waals surface area contributed by atoms with Gasteiger partial charge in [0.15, 0.2) is 0 Å². The number of hydrogen-bond acceptors (Lipinski definition) is 5. The fraction of sp³-hybridized carbons (Fsp3) is 0.667. The summed E-state index contributed by atoms with van der Waals surface area (Å²) in [6.45, 7) is 4.48. The molecule has 1 aromatic heterocycles. The number of nitrogens with two attached hydrogens (primary N) is 1. The Labute approximate surface area is 111 Å². The highest BCUT2D eigenvalue weighted by atomic mass is 16.3. The van der Waals surface area contributed by atoms with E-state index in [1.54, 1.807) is 6.92 Å². The number of aliphatic hydroxyl groups is 1. The number of nitrogen functional groups attached to an aromatic ring is 1. The Balaban J connectivity index is 3.16. The highest BCUT2D eigenvalue weighted by Gasteiger charge is 2.14. The van der Waals surface area contributed by atoms with Crippen molar-refractivity contribution in [3.63, 3.8) is 0 Å². The van der Waals surface area contributed by atoms with Crippen LogP contribution in [0.15, 0.2) is 9.59 Å². The second-order valence-electron chi connectivity index (χ2n) is 4.62. The Hall–Kier alpha value is -1.76. The lowest BCUT2D eigenvalue weighted by molar-refractivity contribution is 0.188. The van der Waals surface area contributed by atoms with Crippen LogP contribution in [0.4, 0.5) is 11.5 Å². The van der Waals surface area contributed by atoms with Gasteiger partial charge in [0.2, 0.25) is 0 Å². The standard InChI is InChI=1S/C12H22N4O3/c1-4-7-16-10(13)9(14-6-5-8(2)17)11(18)15(3)12(16)19/h8,14,17H,4-7,13H2,1-3H3. The fourth-order valence-corrected chi connectivity index (χ4v) is 1.80. The normalized spacial score (nSPS) is 12.4. The number of aliphatic hydroxyl groups excluding tert-OH is 1. The molecule has 19 heavy (non-hydrogen) atoms. The molecule has 0 bridgehead atoms. The molecule has 4 N–H and O–H groups in total. The third-order valence-electron chi connectivity index (χ3n) is 2.89. The predicted octanol–water partition coefficient (Wildman–Crippen LogP) is -0.278. The molecular formula is C12H22N4O3. The Bertz CT molecular complexity index is 545. The minimum atomic E-state index is -0.459. The van der Waals surface area contributed by atoms with E-state index in [0.717, 1.165) is 11.0 Å². The molecule has 7 nitrogen and oxygen atoms in total. The zero-order valence-electron chi connectivity index (χ0n) is 11.6. The summed E-state index contributed by atoms with van der Waals surface area (Å²) >= 11 is 0. The second-order valence-corrected chi connectivity index (χ2v) is 4.62. The molecule has 1 rings (SSSR count). The molecule has 1 unspecified atom stereocenters. The van der Waals surface area contributed by atoms with Crippen LogP contribution in [0.1, 0.15) is 26.7 Å². The number of rotatable bonds is 6. The first-order valence-electron chi connectivity index (χ1n) is 6.41. The summed E-state index contributed by atoms with van der Waals surface area (Å²) in [5.41, 5.74) is 5.24. The molecule has 7 heteroatoms. The maximum atomic E-state index is 12.0. The molecule has 0 radical (unpaired) electrons. The highest BCUT2D eigenvalue weighted by Crippen LogP contribution is 2.11. The first kappa shape index (κ1) is 15.3. The Morgan fingerprint density at radius 2 is 2.05 bits per heavy atom. The largest absolute Gasteiger partial charge is 0.393 e. The molecule has 0 aliphatic carbocycles. The van der Waals surface area contributed by atoms with Crippen molar-refractivity contribution in [2.24, 2.45) is 7.05 Å². The van der Waals surface area contributed by atoms with E-state index in [-0.39, 0.29) is 11.5 Å². The number of hydrogen-bond donors (Lipinski definition) is 3. The van der Waals surface area contributed by atoms with Crippen molar-refractivity contribution in [2.75, 3.05) is 17.6 Å². The van der Waals surface area contributed by atoms with Gasteiger partial charge in [-0.25, -0.2) is 4.79 Å². The summed E-state index contributed by atoms with van der Waals surface area (Å²) in [4.78, 5) is 23.9. The van der Waals surface area contributed by atoms with Gasteiger partial charge in [-0.2, -0.15) is 0 Å². The van der Waals surface area contributed by atoms with Crippen LogP contribution < -0.4 is 22.3 Å². The monoisotopic (exact) mass is 270 g/mol. The van der Waals surface area contributed by atoms with E-state index in [1.807, 2.05) is 6.92 Å². The van der Waals surface area contributed by atoms with Crippen molar-refractivity contribution in [3.8, 4) is 0 Å². The highest BCUT2D eigenvalue weighted by molar-refractivity contribution is 5.60. The van der Waals surface area contributed by atoms with Crippen LogP contribution in [0.25, 0.3) is 0 Å². The summed E-state index contributed by atoms with van der Waals surface area (Å²) in [7, 11) is 1.43. The Morgan fingerprint density at radius 3 is 2.58 bits per heavy atom. The van der Waals surface area contributed by atoms with E-state index in [4.69, 9.17) is 5.73 Å². The second kappa shape index (κ2) is 6.42. The lowest BCUT2D eigenvalue weighted by atomic mass is 10.3. The van der Waals surface area contributed by atoms with E-state index < -0.39 is 17.4 Å². The minimum Gasteiger partial charge on any atom is -0.393 e. The van der Waals surface area contributed by atoms with Gasteiger partial charge < -0.3 is 16.2 Å². The van der Waals surface area contributed by atoms with E-state index >= 15 is 0 Å². The first-order valence-corrected chi connectivity index (χ1v) is 6.41. The molecule has 0 saturated carbocycles. The average Bonchev–Trinajstić information content (AvgIpc) is 2.36. The molecule has 108 valence electrons. The zero-order valence-corrected chi connectivity index (χ0v) is 11.6. The van der Waals surface area contributed by atoms with Crippen LogP contribution in [0.2, 0.25) is 0 Å². The molecule has 0 fully saturated rings. The van der Waals surface area contributed by atoms with Gasteiger partial charge in [0.25, 0.3) is 5.56 Å². The third kappa shape index (κ3) is 3.37. The van der Waals surface area contributed by atoms with Crippen molar-refractivity contribution in [1.29, 1.82) is 0 Å². The van der Waals surface area contributed by atoms with Crippen molar-refractivity contribution in [3.05, 3.63) is 20.8 Å². The molecule has 0 saturated heterocycles. The molecule has 0 spiro atoms. The van der Waals surface area contributed by atoms with Crippen LogP contribution in [-0.4, -0.2) is 26.9 Å². The summed E-state index contributed by atoms with van der Waals surface area (Å²) in [6, 6.07) is 0. The van der Waals surface area contributed by atoms with Gasteiger partial charge in [-0.05, 0) is 19.8 Å². The third-order valence-corrected chi connectivity index (χ3v) is 2.89. The van der Waals surface area contributed by atoms with Crippen molar-refractivity contribution < 1.29 is 5.11 Å². The van der Waals surface area contributed by atoms with Gasteiger partial charge in [0, 0.05) is 20.1 Å². The van der Waals surface area contributed by atoms with Gasteiger partial charge in [0.1, 0.15) is 11.5 Å². The van der Waals surface area contributed by atoms with Crippen LogP contribution in [0.3, 0.4) is 0 Å². The molecule has 0 aliphatic heterocycles. The van der Waals surface area contributed by atoms with Crippen LogP contribution in [0.5, 0.6) is 0 Å². The summed E-state index contributed by atoms with van der Waals surface area (Å²) < 4.78 is 2.42. The van der Waals surface area contributed by atoms with Crippen LogP contribution in [-0.2, 0) is 13.6 Å². The van der Waals surface area contributed by atoms with Crippen LogP contribution in [0, 0.1) is 0 Å². The average molecular weight is 270 g/mol. The van der Waals surface area contributed by atoms with Gasteiger partial charge in [-0.15, -0.1) is 0 Å². The minimum absolute atomic E-state index is 0.153. The van der Waals surface area contributed by atoms with Crippen molar-refractivity contribution in [2.45, 2.75) is 39.3 Å². The Kier molecular flexibility index (Phi) is 5.17. The molecule has 0 aliphatic rings. The molecular weight excluding hydrogens is 248 g/mol. The molecule has 0 amide bonds. The molecule has 1 aromatic rings. The SMILES string of the molecule is CCCn1c(N)c(NCCC(C)O)c(=O)n(C)c1=O. The zero-order chi connectivity index (χ0) is 14.6. The smallest absolute Gasteiger partial charge is 0.332 e. The van der Waals surface area contributed by atoms with E-state index in [9.17, 15) is 14.7 Å². The topological polar surface area (TPSA) is 102 Å². The molecule has 1 atom stereocenters. The quantitative estimate of drug-likeness (QED) is 0.660. The summed E-state index contributed by atoms with van der Waals surface area (Å²) in [6.07, 6.45) is 0.782. The number of anilines is 2. The van der Waals surface area contributed by atoms with Gasteiger partial charge in [0.05, 0.1) is 6.10 Å². The Morgan fingerprint density at radius 1 is 1.42 bits per heavy atom. The fourth-order valence-electron chi connectivity index (χ4n) is 1.80. The first-order chi connectivity index (χ1) is 8.90. The van der Waals surface area contributed by atoms with Crippen LogP contribution >= 0.6 is 0 Å². The summed E-state index contributed by atoms with van der Waals surface area (Å²) in [5.74, 6) is 0.153. The number of nitrogens with one attached hydrogen (secondary N) is 1. The lowest BCUT2D eigenvalue weighted by Gasteiger charge is -2.15. The van der Waals surface area contributed by atoms with E-state index in [0.29, 0.717) is 19.5 Å².